The monoisotopic (exact) mass is 175 g/mol. The molecule has 0 unspecified atom stereocenters. The van der Waals surface area contributed by atoms with Crippen LogP contribution in [0.2, 0.25) is 0 Å². The first-order valence-corrected chi connectivity index (χ1v) is 4.53. The van der Waals surface area contributed by atoms with Gasteiger partial charge in [0, 0.05) is 23.7 Å². The number of pyridine rings is 1. The zero-order valence-corrected chi connectivity index (χ0v) is 7.21. The van der Waals surface area contributed by atoms with E-state index in [9.17, 15) is 0 Å². The molecule has 0 bridgehead atoms. The predicted octanol–water partition coefficient (Wildman–Crippen LogP) is 1.93. The lowest BCUT2D eigenvalue weighted by Crippen LogP contribution is -1.90. The van der Waals surface area contributed by atoms with Crippen LogP contribution in [-0.4, -0.2) is 9.97 Å². The smallest absolute Gasteiger partial charge is 0.152 e. The highest BCUT2D eigenvalue weighted by molar-refractivity contribution is 7.07. The standard InChI is InChI=1S/C9H7N2S/c1-2-4-10-8(3-1)5-9-6-12-7-11-9/h1-4,6H,5H2. The van der Waals surface area contributed by atoms with Crippen molar-refractivity contribution < 1.29 is 0 Å². The van der Waals surface area contributed by atoms with Crippen LogP contribution in [0, 0.1) is 5.51 Å². The van der Waals surface area contributed by atoms with Gasteiger partial charge in [0.05, 0.1) is 5.69 Å². The molecule has 0 aromatic carbocycles. The summed E-state index contributed by atoms with van der Waals surface area (Å²) in [6, 6.07) is 5.90. The molecule has 2 aromatic rings. The van der Waals surface area contributed by atoms with Gasteiger partial charge < -0.3 is 0 Å². The molecular formula is C9H7N2S. The lowest BCUT2D eigenvalue weighted by atomic mass is 10.2. The molecule has 0 N–H and O–H groups in total. The van der Waals surface area contributed by atoms with Crippen molar-refractivity contribution in [3.63, 3.8) is 0 Å². The molecule has 0 aliphatic carbocycles. The average Bonchev–Trinajstić information content (AvgIpc) is 2.59. The number of nitrogens with zero attached hydrogens (tertiary/aromatic N) is 2. The minimum absolute atomic E-state index is 0.806. The van der Waals surface area contributed by atoms with Gasteiger partial charge in [-0.3, -0.25) is 4.98 Å². The van der Waals surface area contributed by atoms with Gasteiger partial charge in [0.1, 0.15) is 0 Å². The fourth-order valence-electron chi connectivity index (χ4n) is 0.975. The lowest BCUT2D eigenvalue weighted by molar-refractivity contribution is 1.03. The van der Waals surface area contributed by atoms with Crippen molar-refractivity contribution in [1.29, 1.82) is 0 Å². The van der Waals surface area contributed by atoms with Crippen LogP contribution in [0.3, 0.4) is 0 Å². The summed E-state index contributed by atoms with van der Waals surface area (Å²) in [6.07, 6.45) is 2.60. The second-order valence-electron chi connectivity index (χ2n) is 2.43. The van der Waals surface area contributed by atoms with Crippen LogP contribution in [0.1, 0.15) is 11.4 Å². The molecule has 3 heteroatoms. The van der Waals surface area contributed by atoms with Crippen LogP contribution in [0.4, 0.5) is 0 Å². The van der Waals surface area contributed by atoms with Crippen LogP contribution in [0.25, 0.3) is 0 Å². The predicted molar refractivity (Wildman–Crippen MR) is 48.0 cm³/mol. The molecule has 0 spiro atoms. The molecule has 2 nitrogen and oxygen atoms in total. The summed E-state index contributed by atoms with van der Waals surface area (Å²) in [7, 11) is 0. The van der Waals surface area contributed by atoms with Crippen molar-refractivity contribution in [2.45, 2.75) is 6.42 Å². The molecule has 12 heavy (non-hydrogen) atoms. The fraction of sp³-hybridized carbons (Fsp3) is 0.111. The van der Waals surface area contributed by atoms with E-state index in [-0.39, 0.29) is 0 Å². The highest BCUT2D eigenvalue weighted by Crippen LogP contribution is 2.05. The third-order valence-corrected chi connectivity index (χ3v) is 2.11. The van der Waals surface area contributed by atoms with E-state index in [4.69, 9.17) is 0 Å². The van der Waals surface area contributed by atoms with Crippen LogP contribution in [0.5, 0.6) is 0 Å². The van der Waals surface area contributed by atoms with Crippen LogP contribution >= 0.6 is 11.3 Å². The topological polar surface area (TPSA) is 25.8 Å². The Morgan fingerprint density at radius 3 is 3.00 bits per heavy atom. The first-order chi connectivity index (χ1) is 5.95. The van der Waals surface area contributed by atoms with E-state index in [1.54, 1.807) is 6.20 Å². The van der Waals surface area contributed by atoms with Crippen molar-refractivity contribution in [3.05, 3.63) is 46.7 Å². The lowest BCUT2D eigenvalue weighted by Gasteiger charge is -1.94. The maximum Gasteiger partial charge on any atom is 0.152 e. The summed E-state index contributed by atoms with van der Waals surface area (Å²) in [5.41, 5.74) is 4.91. The number of hydrogen-bond acceptors (Lipinski definition) is 3. The number of rotatable bonds is 2. The van der Waals surface area contributed by atoms with E-state index in [1.165, 1.54) is 11.3 Å². The SMILES string of the molecule is [c]1nc(Cc2ccccn2)cs1. The second-order valence-corrected chi connectivity index (χ2v) is 3.08. The van der Waals surface area contributed by atoms with Gasteiger partial charge in [-0.1, -0.05) is 6.07 Å². The van der Waals surface area contributed by atoms with Crippen LogP contribution < -0.4 is 0 Å². The summed E-state index contributed by atoms with van der Waals surface area (Å²) in [5.74, 6) is 0. The average molecular weight is 175 g/mol. The van der Waals surface area contributed by atoms with E-state index in [1.807, 2.05) is 23.6 Å². The third kappa shape index (κ3) is 1.68. The number of hydrogen-bond donors (Lipinski definition) is 0. The second kappa shape index (κ2) is 3.45. The van der Waals surface area contributed by atoms with E-state index in [0.29, 0.717) is 0 Å². The van der Waals surface area contributed by atoms with Crippen molar-refractivity contribution in [2.75, 3.05) is 0 Å². The largest absolute Gasteiger partial charge is 0.261 e. The molecule has 0 aliphatic rings. The Morgan fingerprint density at radius 2 is 2.33 bits per heavy atom. The van der Waals surface area contributed by atoms with Gasteiger partial charge in [-0.05, 0) is 12.1 Å². The summed E-state index contributed by atoms with van der Waals surface area (Å²) in [4.78, 5) is 8.27. The molecule has 0 fully saturated rings. The van der Waals surface area contributed by atoms with Gasteiger partial charge >= 0.3 is 0 Å². The van der Waals surface area contributed by atoms with E-state index < -0.39 is 0 Å². The van der Waals surface area contributed by atoms with Gasteiger partial charge in [0.15, 0.2) is 5.51 Å². The number of aromatic nitrogens is 2. The van der Waals surface area contributed by atoms with Crippen molar-refractivity contribution in [1.82, 2.24) is 9.97 Å². The van der Waals surface area contributed by atoms with Gasteiger partial charge in [0.2, 0.25) is 0 Å². The van der Waals surface area contributed by atoms with Gasteiger partial charge in [-0.2, -0.15) is 0 Å². The number of thiazole rings is 1. The van der Waals surface area contributed by atoms with Crippen LogP contribution in [0.15, 0.2) is 29.8 Å². The minimum Gasteiger partial charge on any atom is -0.261 e. The summed E-state index contributed by atoms with van der Waals surface area (Å²) >= 11 is 1.49. The molecule has 0 saturated carbocycles. The Hall–Kier alpha value is -1.22. The maximum atomic E-state index is 4.20. The molecule has 2 heterocycles. The van der Waals surface area contributed by atoms with E-state index in [2.05, 4.69) is 15.5 Å². The zero-order valence-electron chi connectivity index (χ0n) is 6.40. The van der Waals surface area contributed by atoms with Crippen molar-refractivity contribution in [3.8, 4) is 0 Å². The van der Waals surface area contributed by atoms with E-state index in [0.717, 1.165) is 17.8 Å². The Balaban J connectivity index is 2.15. The summed E-state index contributed by atoms with van der Waals surface area (Å²) in [5, 5.41) is 1.99. The maximum absolute atomic E-state index is 4.20. The first kappa shape index (κ1) is 7.43. The van der Waals surface area contributed by atoms with Gasteiger partial charge in [0.25, 0.3) is 0 Å². The highest BCUT2D eigenvalue weighted by Gasteiger charge is 1.97. The first-order valence-electron chi connectivity index (χ1n) is 3.65. The fourth-order valence-corrected chi connectivity index (χ4v) is 1.47. The molecule has 2 rings (SSSR count). The van der Waals surface area contributed by atoms with Crippen LogP contribution in [-0.2, 0) is 6.42 Å². The molecule has 0 amide bonds. The van der Waals surface area contributed by atoms with Crippen molar-refractivity contribution >= 4 is 11.3 Å². The summed E-state index contributed by atoms with van der Waals surface area (Å²) in [6.45, 7) is 0. The molecule has 59 valence electrons. The minimum atomic E-state index is 0.806. The Morgan fingerprint density at radius 1 is 1.33 bits per heavy atom. The van der Waals surface area contributed by atoms with Gasteiger partial charge in [-0.25, -0.2) is 4.98 Å². The molecule has 0 atom stereocenters. The Kier molecular flexibility index (Phi) is 2.14. The molecule has 0 saturated heterocycles. The zero-order chi connectivity index (χ0) is 8.23. The quantitative estimate of drug-likeness (QED) is 0.697. The Bertz CT molecular complexity index is 329. The van der Waals surface area contributed by atoms with Gasteiger partial charge in [-0.15, -0.1) is 11.3 Å². The molecule has 1 radical (unpaired) electrons. The Labute approximate surface area is 74.9 Å². The molecule has 0 aliphatic heterocycles. The molecule has 2 aromatic heterocycles. The summed E-state index contributed by atoms with van der Waals surface area (Å²) < 4.78 is 0. The molecular weight excluding hydrogens is 168 g/mol. The highest BCUT2D eigenvalue weighted by atomic mass is 32.1. The van der Waals surface area contributed by atoms with E-state index >= 15 is 0 Å². The third-order valence-electron chi connectivity index (χ3n) is 1.53. The van der Waals surface area contributed by atoms with Crippen molar-refractivity contribution in [2.24, 2.45) is 0 Å². The normalized spacial score (nSPS) is 10.0.